The Kier molecular flexibility index (Phi) is 7.26. The Morgan fingerprint density at radius 3 is 2.79 bits per heavy atom. The second-order valence-electron chi connectivity index (χ2n) is 7.34. The second-order valence-corrected chi connectivity index (χ2v) is 9.02. The van der Waals surface area contributed by atoms with Crippen molar-refractivity contribution in [1.82, 2.24) is 10.2 Å². The summed E-state index contributed by atoms with van der Waals surface area (Å²) in [6.07, 6.45) is 4.24. The number of benzene rings is 1. The SMILES string of the molecule is CC(C)c1ccc(C=C2SC(=S)N(CCC(=O)NCC3CCCO3)C2=O)cc1. The number of nitrogens with zero attached hydrogens (tertiary/aromatic N) is 1. The van der Waals surface area contributed by atoms with Gasteiger partial charge in [0.1, 0.15) is 4.32 Å². The van der Waals surface area contributed by atoms with E-state index < -0.39 is 0 Å². The molecule has 5 nitrogen and oxygen atoms in total. The number of rotatable bonds is 7. The first-order valence-electron chi connectivity index (χ1n) is 9.67. The topological polar surface area (TPSA) is 58.6 Å². The molecule has 0 bridgehead atoms. The van der Waals surface area contributed by atoms with Crippen LogP contribution in [0.5, 0.6) is 0 Å². The van der Waals surface area contributed by atoms with E-state index in [9.17, 15) is 9.59 Å². The van der Waals surface area contributed by atoms with Crippen molar-refractivity contribution in [3.8, 4) is 0 Å². The lowest BCUT2D eigenvalue weighted by atomic mass is 10.0. The van der Waals surface area contributed by atoms with Crippen LogP contribution in [0.25, 0.3) is 6.08 Å². The minimum atomic E-state index is -0.130. The molecule has 28 heavy (non-hydrogen) atoms. The van der Waals surface area contributed by atoms with Gasteiger partial charge in [-0.3, -0.25) is 14.5 Å². The average Bonchev–Trinajstić information content (AvgIpc) is 3.28. The molecule has 0 aliphatic carbocycles. The van der Waals surface area contributed by atoms with E-state index >= 15 is 0 Å². The zero-order valence-corrected chi connectivity index (χ0v) is 17.9. The second kappa shape index (κ2) is 9.67. The highest BCUT2D eigenvalue weighted by molar-refractivity contribution is 8.26. The van der Waals surface area contributed by atoms with Gasteiger partial charge in [0.15, 0.2) is 0 Å². The molecule has 2 amide bonds. The number of ether oxygens (including phenoxy) is 1. The molecule has 1 atom stereocenters. The Labute approximate surface area is 175 Å². The van der Waals surface area contributed by atoms with Gasteiger partial charge in [-0.05, 0) is 36.0 Å². The number of hydrogen-bond acceptors (Lipinski definition) is 5. The quantitative estimate of drug-likeness (QED) is 0.541. The number of hydrogen-bond donors (Lipinski definition) is 1. The lowest BCUT2D eigenvalue weighted by Crippen LogP contribution is -2.36. The number of carbonyl (C=O) groups excluding carboxylic acids is 2. The van der Waals surface area contributed by atoms with Crippen LogP contribution in [0.2, 0.25) is 0 Å². The van der Waals surface area contributed by atoms with E-state index in [-0.39, 0.29) is 24.3 Å². The van der Waals surface area contributed by atoms with Crippen molar-refractivity contribution >= 4 is 46.2 Å². The highest BCUT2D eigenvalue weighted by atomic mass is 32.2. The molecule has 150 valence electrons. The fraction of sp³-hybridized carbons (Fsp3) is 0.476. The molecular formula is C21H26N2O3S2. The molecule has 0 aromatic heterocycles. The van der Waals surface area contributed by atoms with E-state index in [0.717, 1.165) is 25.0 Å². The fourth-order valence-corrected chi connectivity index (χ4v) is 4.46. The number of thioether (sulfide) groups is 1. The largest absolute Gasteiger partial charge is 0.376 e. The van der Waals surface area contributed by atoms with Gasteiger partial charge >= 0.3 is 0 Å². The smallest absolute Gasteiger partial charge is 0.266 e. The zero-order chi connectivity index (χ0) is 20.1. The van der Waals surface area contributed by atoms with Crippen LogP contribution in [0.3, 0.4) is 0 Å². The molecule has 1 unspecified atom stereocenters. The third-order valence-corrected chi connectivity index (χ3v) is 6.27. The molecule has 0 saturated carbocycles. The number of amides is 2. The minimum Gasteiger partial charge on any atom is -0.376 e. The molecule has 2 fully saturated rings. The van der Waals surface area contributed by atoms with Crippen LogP contribution in [0, 0.1) is 0 Å². The first-order valence-corrected chi connectivity index (χ1v) is 10.9. The van der Waals surface area contributed by atoms with Gasteiger partial charge in [0.05, 0.1) is 11.0 Å². The van der Waals surface area contributed by atoms with Gasteiger partial charge in [-0.2, -0.15) is 0 Å². The zero-order valence-electron chi connectivity index (χ0n) is 16.3. The van der Waals surface area contributed by atoms with Crippen molar-refractivity contribution in [2.45, 2.75) is 45.1 Å². The summed E-state index contributed by atoms with van der Waals surface area (Å²) in [6, 6.07) is 8.19. The lowest BCUT2D eigenvalue weighted by Gasteiger charge is -2.15. The third kappa shape index (κ3) is 5.43. The van der Waals surface area contributed by atoms with Crippen molar-refractivity contribution < 1.29 is 14.3 Å². The summed E-state index contributed by atoms with van der Waals surface area (Å²) in [5.74, 6) is 0.256. The fourth-order valence-electron chi connectivity index (χ4n) is 3.16. The van der Waals surface area contributed by atoms with Crippen LogP contribution >= 0.6 is 24.0 Å². The summed E-state index contributed by atoms with van der Waals surface area (Å²) in [5.41, 5.74) is 2.23. The number of nitrogens with one attached hydrogen (secondary N) is 1. The van der Waals surface area contributed by atoms with E-state index in [1.807, 2.05) is 18.2 Å². The van der Waals surface area contributed by atoms with Crippen LogP contribution in [0.1, 0.15) is 50.2 Å². The highest BCUT2D eigenvalue weighted by Crippen LogP contribution is 2.32. The van der Waals surface area contributed by atoms with Crippen molar-refractivity contribution in [2.24, 2.45) is 0 Å². The average molecular weight is 419 g/mol. The van der Waals surface area contributed by atoms with Crippen LogP contribution in [0.4, 0.5) is 0 Å². The first-order chi connectivity index (χ1) is 13.4. The molecule has 2 heterocycles. The molecule has 1 aromatic carbocycles. The predicted molar refractivity (Wildman–Crippen MR) is 117 cm³/mol. The summed E-state index contributed by atoms with van der Waals surface area (Å²) in [4.78, 5) is 26.8. The van der Waals surface area contributed by atoms with E-state index in [1.54, 1.807) is 0 Å². The number of thiocarbonyl (C=S) groups is 1. The van der Waals surface area contributed by atoms with Gasteiger partial charge < -0.3 is 10.1 Å². The number of carbonyl (C=O) groups is 2. The maximum Gasteiger partial charge on any atom is 0.266 e. The molecule has 0 spiro atoms. The Morgan fingerprint density at radius 2 is 2.14 bits per heavy atom. The van der Waals surface area contributed by atoms with Gasteiger partial charge in [0, 0.05) is 26.1 Å². The molecule has 7 heteroatoms. The van der Waals surface area contributed by atoms with Crippen molar-refractivity contribution in [3.05, 3.63) is 40.3 Å². The van der Waals surface area contributed by atoms with Crippen LogP contribution in [0.15, 0.2) is 29.2 Å². The van der Waals surface area contributed by atoms with Crippen LogP contribution < -0.4 is 5.32 Å². The van der Waals surface area contributed by atoms with Crippen molar-refractivity contribution in [3.63, 3.8) is 0 Å². The van der Waals surface area contributed by atoms with E-state index in [4.69, 9.17) is 17.0 Å². The van der Waals surface area contributed by atoms with Gasteiger partial charge in [0.25, 0.3) is 5.91 Å². The maximum absolute atomic E-state index is 12.7. The van der Waals surface area contributed by atoms with Crippen molar-refractivity contribution in [2.75, 3.05) is 19.7 Å². The first kappa shape index (κ1) is 21.0. The predicted octanol–water partition coefficient (Wildman–Crippen LogP) is 3.70. The molecule has 2 saturated heterocycles. The monoisotopic (exact) mass is 418 g/mol. The molecular weight excluding hydrogens is 392 g/mol. The summed E-state index contributed by atoms with van der Waals surface area (Å²) in [7, 11) is 0. The standard InChI is InChI=1S/C21H26N2O3S2/c1-14(2)16-7-5-15(6-8-16)12-18-20(25)23(21(27)28-18)10-9-19(24)22-13-17-4-3-11-26-17/h5-8,12,14,17H,3-4,9-11,13H2,1-2H3,(H,22,24). The summed E-state index contributed by atoms with van der Waals surface area (Å²) < 4.78 is 6.00. The molecule has 2 aliphatic rings. The van der Waals surface area contributed by atoms with E-state index in [1.165, 1.54) is 22.2 Å². The van der Waals surface area contributed by atoms with Gasteiger partial charge in [-0.15, -0.1) is 0 Å². The van der Waals surface area contributed by atoms with Gasteiger partial charge in [-0.1, -0.05) is 62.1 Å². The van der Waals surface area contributed by atoms with Crippen LogP contribution in [-0.2, 0) is 14.3 Å². The summed E-state index contributed by atoms with van der Waals surface area (Å²) in [6.45, 7) is 5.90. The van der Waals surface area contributed by atoms with Crippen LogP contribution in [-0.4, -0.2) is 46.8 Å². The Morgan fingerprint density at radius 1 is 1.39 bits per heavy atom. The molecule has 0 radical (unpaired) electrons. The lowest BCUT2D eigenvalue weighted by molar-refractivity contribution is -0.124. The van der Waals surface area contributed by atoms with Gasteiger partial charge in [-0.25, -0.2) is 0 Å². The molecule has 2 aliphatic heterocycles. The van der Waals surface area contributed by atoms with E-state index in [0.29, 0.717) is 28.2 Å². The summed E-state index contributed by atoms with van der Waals surface area (Å²) >= 11 is 6.64. The summed E-state index contributed by atoms with van der Waals surface area (Å²) in [5, 5.41) is 2.88. The maximum atomic E-state index is 12.7. The van der Waals surface area contributed by atoms with Crippen molar-refractivity contribution in [1.29, 1.82) is 0 Å². The van der Waals surface area contributed by atoms with Gasteiger partial charge in [0.2, 0.25) is 5.91 Å². The normalized spacial score (nSPS) is 21.2. The minimum absolute atomic E-state index is 0.0854. The third-order valence-electron chi connectivity index (χ3n) is 4.89. The van der Waals surface area contributed by atoms with E-state index in [2.05, 4.69) is 31.3 Å². The molecule has 1 aromatic rings. The Hall–Kier alpha value is -1.70. The molecule has 3 rings (SSSR count). The molecule has 1 N–H and O–H groups in total. The Bertz CT molecular complexity index is 768. The Balaban J connectivity index is 1.53. The highest BCUT2D eigenvalue weighted by Gasteiger charge is 2.32.